The Bertz CT molecular complexity index is 650. The Morgan fingerprint density at radius 2 is 1.38 bits per heavy atom. The Morgan fingerprint density at radius 1 is 0.923 bits per heavy atom. The van der Waals surface area contributed by atoms with Gasteiger partial charge in [0.05, 0.1) is 5.54 Å². The molecule has 0 fully saturated rings. The van der Waals surface area contributed by atoms with Crippen molar-refractivity contribution in [2.45, 2.75) is 112 Å². The molecule has 1 aromatic heterocycles. The van der Waals surface area contributed by atoms with Crippen LogP contribution in [-0.4, -0.2) is 24.3 Å². The van der Waals surface area contributed by atoms with E-state index in [-0.39, 0.29) is 16.6 Å². The topological polar surface area (TPSA) is 30.4 Å². The van der Waals surface area contributed by atoms with Gasteiger partial charge in [0, 0.05) is 13.8 Å². The van der Waals surface area contributed by atoms with Gasteiger partial charge in [-0.2, -0.15) is 0 Å². The Labute approximate surface area is 162 Å². The van der Waals surface area contributed by atoms with Crippen molar-refractivity contribution in [3.63, 3.8) is 0 Å². The van der Waals surface area contributed by atoms with Crippen LogP contribution in [0.3, 0.4) is 0 Å². The summed E-state index contributed by atoms with van der Waals surface area (Å²) in [6.45, 7) is 31.0. The predicted molar refractivity (Wildman–Crippen MR) is 115 cm³/mol. The summed E-state index contributed by atoms with van der Waals surface area (Å²) in [6.07, 6.45) is 0. The van der Waals surface area contributed by atoms with E-state index in [0.717, 1.165) is 11.7 Å². The van der Waals surface area contributed by atoms with E-state index in [9.17, 15) is 0 Å². The standard InChI is InChI=1S/C21H42N3OSi/c1-15-16(2)24(21(9,10)11)18(23(15)20(6,7)8)17(22-19(3,4)5)25-26(12,13)14/h1-14H3/q+1. The van der Waals surface area contributed by atoms with Crippen molar-refractivity contribution in [2.24, 2.45) is 4.99 Å². The van der Waals surface area contributed by atoms with Crippen LogP contribution in [0.2, 0.25) is 19.6 Å². The maximum absolute atomic E-state index is 6.59. The Morgan fingerprint density at radius 3 is 1.69 bits per heavy atom. The highest BCUT2D eigenvalue weighted by molar-refractivity contribution is 6.71. The van der Waals surface area contributed by atoms with Gasteiger partial charge in [-0.15, -0.1) is 0 Å². The number of aromatic nitrogens is 2. The SMILES string of the molecule is Cc1c(C)[n+](C(C)(C)C)c(C(=NC(C)(C)C)O[Si](C)(C)C)n1C(C)(C)C. The van der Waals surface area contributed by atoms with Crippen LogP contribution >= 0.6 is 0 Å². The van der Waals surface area contributed by atoms with Crippen LogP contribution in [0.4, 0.5) is 0 Å². The van der Waals surface area contributed by atoms with E-state index < -0.39 is 8.32 Å². The molecule has 0 unspecified atom stereocenters. The minimum Gasteiger partial charge on any atom is -0.526 e. The molecule has 0 bridgehead atoms. The first-order valence-electron chi connectivity index (χ1n) is 9.70. The number of hydrogen-bond donors (Lipinski definition) is 0. The van der Waals surface area contributed by atoms with Crippen molar-refractivity contribution in [3.8, 4) is 0 Å². The van der Waals surface area contributed by atoms with Gasteiger partial charge in [0.2, 0.25) is 8.32 Å². The number of nitrogens with zero attached hydrogens (tertiary/aromatic N) is 3. The van der Waals surface area contributed by atoms with Crippen LogP contribution in [0, 0.1) is 13.8 Å². The second kappa shape index (κ2) is 6.81. The first kappa shape index (κ1) is 22.9. The third kappa shape index (κ3) is 5.45. The van der Waals surface area contributed by atoms with Gasteiger partial charge in [-0.25, -0.2) is 14.1 Å². The molecule has 0 aliphatic carbocycles. The van der Waals surface area contributed by atoms with Gasteiger partial charge in [0.25, 0.3) is 5.90 Å². The summed E-state index contributed by atoms with van der Waals surface area (Å²) in [7, 11) is -1.83. The quantitative estimate of drug-likeness (QED) is 0.296. The first-order valence-corrected chi connectivity index (χ1v) is 13.1. The van der Waals surface area contributed by atoms with E-state index in [4.69, 9.17) is 9.42 Å². The lowest BCUT2D eigenvalue weighted by Crippen LogP contribution is -2.57. The molecule has 150 valence electrons. The van der Waals surface area contributed by atoms with Gasteiger partial charge in [-0.3, -0.25) is 0 Å². The fourth-order valence-corrected chi connectivity index (χ4v) is 4.00. The number of hydrogen-bond acceptors (Lipinski definition) is 2. The van der Waals surface area contributed by atoms with E-state index >= 15 is 0 Å². The molecule has 1 rings (SSSR count). The number of imidazole rings is 1. The predicted octanol–water partition coefficient (Wildman–Crippen LogP) is 5.30. The average Bonchev–Trinajstić information content (AvgIpc) is 2.56. The highest BCUT2D eigenvalue weighted by Gasteiger charge is 2.42. The summed E-state index contributed by atoms with van der Waals surface area (Å²) in [5.41, 5.74) is 2.19. The van der Waals surface area contributed by atoms with Crippen LogP contribution in [0.25, 0.3) is 0 Å². The second-order valence-electron chi connectivity index (χ2n) is 11.3. The molecule has 0 saturated carbocycles. The van der Waals surface area contributed by atoms with Gasteiger partial charge in [0.15, 0.2) is 0 Å². The normalized spacial score (nSPS) is 14.8. The molecule has 0 radical (unpaired) electrons. The first-order chi connectivity index (χ1) is 11.3. The Hall–Kier alpha value is -1.10. The smallest absolute Gasteiger partial charge is 0.344 e. The fraction of sp³-hybridized carbons (Fsp3) is 0.810. The molecule has 26 heavy (non-hydrogen) atoms. The molecule has 5 heteroatoms. The molecule has 0 aliphatic rings. The molecule has 4 nitrogen and oxygen atoms in total. The van der Waals surface area contributed by atoms with Crippen molar-refractivity contribution in [1.82, 2.24) is 4.57 Å². The zero-order valence-corrected chi connectivity index (χ0v) is 20.7. The Balaban J connectivity index is 4.02. The van der Waals surface area contributed by atoms with Gasteiger partial charge in [-0.05, 0) is 82.0 Å². The van der Waals surface area contributed by atoms with E-state index in [1.165, 1.54) is 11.4 Å². The van der Waals surface area contributed by atoms with Gasteiger partial charge < -0.3 is 4.43 Å². The maximum atomic E-state index is 6.59. The molecular formula is C21H42N3OSi+. The number of rotatable bonds is 2. The van der Waals surface area contributed by atoms with Crippen LogP contribution < -0.4 is 4.57 Å². The van der Waals surface area contributed by atoms with Crippen molar-refractivity contribution < 1.29 is 8.99 Å². The average molecular weight is 381 g/mol. The molecule has 1 heterocycles. The molecule has 1 aromatic rings. The van der Waals surface area contributed by atoms with Gasteiger partial charge in [-0.1, -0.05) is 0 Å². The molecule has 0 aliphatic heterocycles. The van der Waals surface area contributed by atoms with Crippen LogP contribution in [0.5, 0.6) is 0 Å². The minimum absolute atomic E-state index is 0.0673. The van der Waals surface area contributed by atoms with Gasteiger partial charge >= 0.3 is 5.82 Å². The van der Waals surface area contributed by atoms with E-state index in [0.29, 0.717) is 0 Å². The molecule has 0 aromatic carbocycles. The lowest BCUT2D eigenvalue weighted by Gasteiger charge is -2.27. The second-order valence-corrected chi connectivity index (χ2v) is 15.7. The van der Waals surface area contributed by atoms with E-state index in [2.05, 4.69) is 105 Å². The summed E-state index contributed by atoms with van der Waals surface area (Å²) in [4.78, 5) is 5.05. The van der Waals surface area contributed by atoms with Gasteiger partial charge in [0.1, 0.15) is 22.5 Å². The van der Waals surface area contributed by atoms with Crippen molar-refractivity contribution in [3.05, 3.63) is 17.2 Å². The maximum Gasteiger partial charge on any atom is 0.344 e. The van der Waals surface area contributed by atoms with E-state index in [1.54, 1.807) is 0 Å². The molecular weight excluding hydrogens is 338 g/mol. The zero-order valence-electron chi connectivity index (χ0n) is 19.7. The molecule has 0 spiro atoms. The van der Waals surface area contributed by atoms with Crippen molar-refractivity contribution in [1.29, 1.82) is 0 Å². The van der Waals surface area contributed by atoms with Crippen LogP contribution in [0.1, 0.15) is 79.5 Å². The summed E-state index contributed by atoms with van der Waals surface area (Å²) < 4.78 is 11.4. The molecule has 0 saturated heterocycles. The number of aliphatic imine (C=N–C) groups is 1. The van der Waals surface area contributed by atoms with Crippen molar-refractivity contribution >= 4 is 14.2 Å². The largest absolute Gasteiger partial charge is 0.526 e. The lowest BCUT2D eigenvalue weighted by molar-refractivity contribution is -0.760. The zero-order chi connectivity index (χ0) is 20.9. The third-order valence-corrected chi connectivity index (χ3v) is 4.80. The molecule has 0 amide bonds. The van der Waals surface area contributed by atoms with Crippen LogP contribution in [-0.2, 0) is 15.5 Å². The highest BCUT2D eigenvalue weighted by atomic mass is 28.4. The monoisotopic (exact) mass is 380 g/mol. The Kier molecular flexibility index (Phi) is 6.01. The molecule has 0 atom stereocenters. The van der Waals surface area contributed by atoms with E-state index in [1.807, 2.05) is 0 Å². The third-order valence-electron chi connectivity index (χ3n) is 3.99. The summed E-state index contributed by atoms with van der Waals surface area (Å²) in [5, 5.41) is 0. The lowest BCUT2D eigenvalue weighted by atomic mass is 10.1. The summed E-state index contributed by atoms with van der Waals surface area (Å²) in [6, 6.07) is 0. The fourth-order valence-electron chi connectivity index (χ4n) is 3.29. The highest BCUT2D eigenvalue weighted by Crippen LogP contribution is 2.26. The van der Waals surface area contributed by atoms with Crippen molar-refractivity contribution in [2.75, 3.05) is 0 Å². The summed E-state index contributed by atoms with van der Waals surface area (Å²) >= 11 is 0. The summed E-state index contributed by atoms with van der Waals surface area (Å²) in [5.74, 6) is 1.86. The minimum atomic E-state index is -1.83. The van der Waals surface area contributed by atoms with Crippen LogP contribution in [0.15, 0.2) is 4.99 Å². The molecule has 0 N–H and O–H groups in total.